The number of halogens is 3. The molecule has 2 aromatic heterocycles. The summed E-state index contributed by atoms with van der Waals surface area (Å²) in [4.78, 5) is 19.3. The number of nitrogens with zero attached hydrogens (tertiary/aromatic N) is 4. The van der Waals surface area contributed by atoms with Gasteiger partial charge in [0.15, 0.2) is 5.69 Å². The monoisotopic (exact) mass is 572 g/mol. The molecule has 0 amide bonds. The maximum absolute atomic E-state index is 12.9. The summed E-state index contributed by atoms with van der Waals surface area (Å²) in [6.45, 7) is 4.40. The Morgan fingerprint density at radius 1 is 1.12 bits per heavy atom. The van der Waals surface area contributed by atoms with Gasteiger partial charge < -0.3 is 9.64 Å². The second kappa shape index (κ2) is 11.0. The fourth-order valence-corrected chi connectivity index (χ4v) is 6.15. The quantitative estimate of drug-likeness (QED) is 0.311. The first-order valence-electron chi connectivity index (χ1n) is 13.5. The van der Waals surface area contributed by atoms with Crippen LogP contribution < -0.4 is 15.4 Å². The second-order valence-corrected chi connectivity index (χ2v) is 11.5. The van der Waals surface area contributed by atoms with E-state index in [1.165, 1.54) is 4.68 Å². The van der Waals surface area contributed by atoms with Crippen molar-refractivity contribution in [3.63, 3.8) is 0 Å². The van der Waals surface area contributed by atoms with Gasteiger partial charge in [-0.15, -0.1) is 11.3 Å². The molecule has 2 N–H and O–H groups in total. The minimum Gasteiger partial charge on any atom is -0.426 e. The van der Waals surface area contributed by atoms with Gasteiger partial charge in [0.25, 0.3) is 0 Å². The number of nitrogens with one attached hydrogen (secondary N) is 2. The van der Waals surface area contributed by atoms with Crippen molar-refractivity contribution >= 4 is 23.5 Å². The lowest BCUT2D eigenvalue weighted by Crippen LogP contribution is -2.31. The van der Waals surface area contributed by atoms with Crippen LogP contribution in [0.15, 0.2) is 35.8 Å². The molecule has 0 bridgehead atoms. The Hall–Kier alpha value is -3.22. The highest BCUT2D eigenvalue weighted by Crippen LogP contribution is 2.35. The maximum atomic E-state index is 12.9. The molecule has 6 rings (SSSR count). The zero-order valence-electron chi connectivity index (χ0n) is 22.1. The number of piperidine rings is 1. The van der Waals surface area contributed by atoms with Gasteiger partial charge in [0, 0.05) is 61.1 Å². The van der Waals surface area contributed by atoms with Crippen molar-refractivity contribution in [3.05, 3.63) is 69.1 Å². The van der Waals surface area contributed by atoms with Crippen LogP contribution in [0.2, 0.25) is 0 Å². The fraction of sp³-hybridized carbons (Fsp3) is 0.464. The van der Waals surface area contributed by atoms with Gasteiger partial charge >= 0.3 is 12.1 Å². The number of benzene rings is 1. The van der Waals surface area contributed by atoms with E-state index in [2.05, 4.69) is 32.1 Å². The Morgan fingerprint density at radius 2 is 1.90 bits per heavy atom. The van der Waals surface area contributed by atoms with Crippen molar-refractivity contribution in [2.45, 2.75) is 64.0 Å². The van der Waals surface area contributed by atoms with Crippen molar-refractivity contribution in [1.29, 1.82) is 0 Å². The molecule has 1 saturated carbocycles. The summed E-state index contributed by atoms with van der Waals surface area (Å²) in [5.74, 6) is 0.875. The number of thiazole rings is 1. The smallest absolute Gasteiger partial charge is 0.426 e. The van der Waals surface area contributed by atoms with Gasteiger partial charge in [0.2, 0.25) is 0 Å². The largest absolute Gasteiger partial charge is 0.435 e. The van der Waals surface area contributed by atoms with E-state index >= 15 is 0 Å². The molecule has 2 aliphatic heterocycles. The van der Waals surface area contributed by atoms with Crippen LogP contribution in [-0.4, -0.2) is 38.7 Å². The Kier molecular flexibility index (Phi) is 7.41. The highest BCUT2D eigenvalue weighted by atomic mass is 32.1. The van der Waals surface area contributed by atoms with Gasteiger partial charge in [-0.25, -0.2) is 9.67 Å². The molecule has 3 aliphatic rings. The molecule has 8 nitrogen and oxygen atoms in total. The summed E-state index contributed by atoms with van der Waals surface area (Å²) < 4.78 is 45.8. The average molecular weight is 573 g/mol. The Balaban J connectivity index is 1.04. The third kappa shape index (κ3) is 5.93. The van der Waals surface area contributed by atoms with E-state index in [1.54, 1.807) is 24.5 Å². The summed E-state index contributed by atoms with van der Waals surface area (Å²) in [7, 11) is 0. The molecule has 1 aliphatic carbocycles. The molecule has 4 heterocycles. The van der Waals surface area contributed by atoms with E-state index in [-0.39, 0.29) is 18.1 Å². The average Bonchev–Trinajstić information content (AvgIpc) is 3.62. The first kappa shape index (κ1) is 27.0. The van der Waals surface area contributed by atoms with Crippen molar-refractivity contribution < 1.29 is 22.7 Å². The first-order chi connectivity index (χ1) is 19.2. The molecular weight excluding hydrogens is 541 g/mol. The summed E-state index contributed by atoms with van der Waals surface area (Å²) in [6, 6.07) is 6.89. The number of esters is 1. The molecule has 0 radical (unpaired) electrons. The molecule has 2 fully saturated rings. The van der Waals surface area contributed by atoms with Gasteiger partial charge in [0.05, 0.1) is 16.6 Å². The van der Waals surface area contributed by atoms with Crippen LogP contribution in [0.25, 0.3) is 6.20 Å². The number of hydrogen-bond donors (Lipinski definition) is 2. The molecular formula is C28H31F3N6O2S. The molecule has 12 heteroatoms. The summed E-state index contributed by atoms with van der Waals surface area (Å²) in [6.07, 6.45) is 2.48. The number of aryl methyl sites for hydroxylation is 1. The Bertz CT molecular complexity index is 1410. The van der Waals surface area contributed by atoms with Crippen molar-refractivity contribution in [2.75, 3.05) is 13.1 Å². The second-order valence-electron chi connectivity index (χ2n) is 10.6. The predicted molar refractivity (Wildman–Crippen MR) is 144 cm³/mol. The molecule has 40 heavy (non-hydrogen) atoms. The topological polar surface area (TPSA) is 84.3 Å². The van der Waals surface area contributed by atoms with E-state index in [0.717, 1.165) is 66.7 Å². The summed E-state index contributed by atoms with van der Waals surface area (Å²) in [5.41, 5.74) is 2.61. The lowest BCUT2D eigenvalue weighted by molar-refractivity contribution is -0.141. The van der Waals surface area contributed by atoms with Gasteiger partial charge in [-0.05, 0) is 50.3 Å². The zero-order chi connectivity index (χ0) is 27.9. The number of ether oxygens (including phenoxy) is 1. The van der Waals surface area contributed by atoms with Gasteiger partial charge in [-0.2, -0.15) is 18.3 Å². The van der Waals surface area contributed by atoms with Crippen molar-refractivity contribution in [1.82, 2.24) is 30.3 Å². The maximum Gasteiger partial charge on any atom is 0.435 e. The number of rotatable bonds is 6. The minimum absolute atomic E-state index is 0.0452. The van der Waals surface area contributed by atoms with E-state index in [9.17, 15) is 18.0 Å². The van der Waals surface area contributed by atoms with Crippen LogP contribution in [-0.2, 0) is 24.1 Å². The third-order valence-corrected chi connectivity index (χ3v) is 8.70. The van der Waals surface area contributed by atoms with E-state index in [4.69, 9.17) is 9.72 Å². The summed E-state index contributed by atoms with van der Waals surface area (Å²) >= 11 is 1.66. The van der Waals surface area contributed by atoms with Crippen molar-refractivity contribution in [3.8, 4) is 5.75 Å². The van der Waals surface area contributed by atoms with Crippen LogP contribution in [0.5, 0.6) is 5.75 Å². The van der Waals surface area contributed by atoms with Crippen LogP contribution in [0.4, 0.5) is 13.2 Å². The lowest BCUT2D eigenvalue weighted by Gasteiger charge is -2.30. The lowest BCUT2D eigenvalue weighted by atomic mass is 9.98. The highest BCUT2D eigenvalue weighted by molar-refractivity contribution is 7.09. The number of carbonyl (C=O) groups excluding carboxylic acids is 1. The number of likely N-dealkylation sites (tertiary alicyclic amines) is 1. The molecule has 212 valence electrons. The molecule has 1 unspecified atom stereocenters. The third-order valence-electron chi connectivity index (χ3n) is 7.68. The summed E-state index contributed by atoms with van der Waals surface area (Å²) in [5, 5.41) is 13.9. The molecule has 0 spiro atoms. The minimum atomic E-state index is -4.45. The van der Waals surface area contributed by atoms with Gasteiger partial charge in [0.1, 0.15) is 11.9 Å². The van der Waals surface area contributed by atoms with Gasteiger partial charge in [-0.1, -0.05) is 12.1 Å². The normalized spacial score (nSPS) is 20.5. The van der Waals surface area contributed by atoms with Crippen molar-refractivity contribution in [2.24, 2.45) is 5.92 Å². The van der Waals surface area contributed by atoms with E-state index in [1.807, 2.05) is 18.3 Å². The fourth-order valence-electron chi connectivity index (χ4n) is 5.13. The number of fused-ring (bicyclic) bond motifs is 1. The number of hydrogen-bond acceptors (Lipinski definition) is 8. The number of alkyl halides is 3. The zero-order valence-corrected chi connectivity index (χ0v) is 22.9. The molecule has 1 saturated heterocycles. The van der Waals surface area contributed by atoms with E-state index in [0.29, 0.717) is 30.5 Å². The SMILES string of the molecule is Cc1cc(C(F)(F)F)nn1C=CN1CCC(c2nc(C3NCc4cccc(OC(=O)C5CC5)c4CN3)cs2)CC1. The highest BCUT2D eigenvalue weighted by Gasteiger charge is 2.34. The standard InChI is InChI=1S/C28H31F3N6O2S/c1-17-13-24(28(29,30)31)35-37(17)12-11-36-9-7-18(8-10-36)26-34-22(16-40-26)25-32-14-20-3-2-4-23(21(20)15-33-25)39-27(38)19-5-6-19/h2-4,11-13,16,18-19,25,32-33H,5-10,14-15H2,1H3. The Labute approximate surface area is 234 Å². The number of carbonyl (C=O) groups is 1. The van der Waals surface area contributed by atoms with Gasteiger partial charge in [-0.3, -0.25) is 15.4 Å². The number of aromatic nitrogens is 3. The molecule has 3 aromatic rings. The predicted octanol–water partition coefficient (Wildman–Crippen LogP) is 5.18. The van der Waals surface area contributed by atoms with Crippen LogP contribution in [0.3, 0.4) is 0 Å². The molecule has 1 atom stereocenters. The van der Waals surface area contributed by atoms with Crippen LogP contribution in [0, 0.1) is 12.8 Å². The molecule has 1 aromatic carbocycles. The first-order valence-corrected chi connectivity index (χ1v) is 14.4. The van der Waals surface area contributed by atoms with E-state index < -0.39 is 11.9 Å². The van der Waals surface area contributed by atoms with Crippen LogP contribution >= 0.6 is 11.3 Å². The van der Waals surface area contributed by atoms with Crippen LogP contribution in [0.1, 0.15) is 71.0 Å². The Morgan fingerprint density at radius 3 is 2.62 bits per heavy atom.